The number of hydrogen-bond acceptors (Lipinski definition) is 6. The topological polar surface area (TPSA) is 110 Å². The minimum atomic E-state index is -3.74. The second kappa shape index (κ2) is 8.91. The molecule has 0 unspecified atom stereocenters. The predicted octanol–water partition coefficient (Wildman–Crippen LogP) is 2.96. The van der Waals surface area contributed by atoms with E-state index in [0.717, 1.165) is 18.9 Å². The molecule has 0 aliphatic carbocycles. The highest BCUT2D eigenvalue weighted by Gasteiger charge is 2.30. The van der Waals surface area contributed by atoms with Crippen LogP contribution in [0.25, 0.3) is 0 Å². The molecule has 2 heterocycles. The van der Waals surface area contributed by atoms with Crippen molar-refractivity contribution in [3.8, 4) is 0 Å². The maximum atomic E-state index is 12.9. The molecule has 10 heteroatoms. The van der Waals surface area contributed by atoms with Crippen LogP contribution in [0.4, 0.5) is 11.4 Å². The molecular weight excluding hydrogens is 394 g/mol. The fourth-order valence-electron chi connectivity index (χ4n) is 3.56. The minimum Gasteiger partial charge on any atom is -0.379 e. The summed E-state index contributed by atoms with van der Waals surface area (Å²) in [7, 11) is -3.74. The van der Waals surface area contributed by atoms with Crippen molar-refractivity contribution < 1.29 is 13.3 Å². The summed E-state index contributed by atoms with van der Waals surface area (Å²) < 4.78 is 29.1. The van der Waals surface area contributed by atoms with E-state index in [1.54, 1.807) is 10.9 Å². The molecule has 2 aromatic rings. The zero-order valence-corrected chi connectivity index (χ0v) is 17.5. The standard InChI is InChI=1S/C19H27N5O4S/c1-15-5-3-10-23(14-15)29(27,28)17-6-7-18(19(11-17)24(25)26)20-12-16(2)13-22-9-4-8-21-22/h4,6-9,11,15-16,20H,3,5,10,12-14H2,1-2H3/t15-,16-/m1/s1. The molecule has 1 aromatic heterocycles. The number of hydrogen-bond donors (Lipinski definition) is 1. The Labute approximate surface area is 170 Å². The third-order valence-electron chi connectivity index (χ3n) is 5.12. The Balaban J connectivity index is 1.75. The first-order chi connectivity index (χ1) is 13.8. The molecule has 9 nitrogen and oxygen atoms in total. The SMILES string of the molecule is C[C@@H]1CCCN(S(=O)(=O)c2ccc(NC[C@@H](C)Cn3cccn3)c([N+](=O)[O-])c2)C1. The third-order valence-corrected chi connectivity index (χ3v) is 6.98. The van der Waals surface area contributed by atoms with Crippen molar-refractivity contribution in [1.82, 2.24) is 14.1 Å². The van der Waals surface area contributed by atoms with Crippen molar-refractivity contribution in [1.29, 1.82) is 0 Å². The smallest absolute Gasteiger partial charge is 0.293 e. The molecule has 0 bridgehead atoms. The molecule has 1 aliphatic rings. The molecule has 1 aromatic carbocycles. The van der Waals surface area contributed by atoms with E-state index in [-0.39, 0.29) is 22.4 Å². The maximum absolute atomic E-state index is 12.9. The maximum Gasteiger partial charge on any atom is 0.293 e. The van der Waals surface area contributed by atoms with Gasteiger partial charge in [-0.3, -0.25) is 14.8 Å². The van der Waals surface area contributed by atoms with Gasteiger partial charge >= 0.3 is 0 Å². The molecule has 2 atom stereocenters. The van der Waals surface area contributed by atoms with Gasteiger partial charge in [-0.2, -0.15) is 9.40 Å². The van der Waals surface area contributed by atoms with Crippen LogP contribution in [0, 0.1) is 22.0 Å². The Morgan fingerprint density at radius 2 is 2.21 bits per heavy atom. The largest absolute Gasteiger partial charge is 0.379 e. The summed E-state index contributed by atoms with van der Waals surface area (Å²) in [4.78, 5) is 11.0. The number of aromatic nitrogens is 2. The Bertz CT molecular complexity index is 946. The summed E-state index contributed by atoms with van der Waals surface area (Å²) in [6.45, 7) is 6.09. The van der Waals surface area contributed by atoms with Gasteiger partial charge in [0.2, 0.25) is 10.0 Å². The van der Waals surface area contributed by atoms with Crippen molar-refractivity contribution >= 4 is 21.4 Å². The van der Waals surface area contributed by atoms with Crippen LogP contribution in [0.1, 0.15) is 26.7 Å². The van der Waals surface area contributed by atoms with Gasteiger partial charge in [-0.1, -0.05) is 13.8 Å². The lowest BCUT2D eigenvalue weighted by atomic mass is 10.0. The number of anilines is 1. The van der Waals surface area contributed by atoms with Gasteiger partial charge < -0.3 is 5.32 Å². The predicted molar refractivity (Wildman–Crippen MR) is 110 cm³/mol. The van der Waals surface area contributed by atoms with Crippen LogP contribution in [-0.2, 0) is 16.6 Å². The van der Waals surface area contributed by atoms with E-state index in [2.05, 4.69) is 10.4 Å². The van der Waals surface area contributed by atoms with Gasteiger partial charge in [-0.15, -0.1) is 0 Å². The van der Waals surface area contributed by atoms with Crippen molar-refractivity contribution in [3.05, 3.63) is 46.8 Å². The van der Waals surface area contributed by atoms with Crippen molar-refractivity contribution in [2.75, 3.05) is 25.0 Å². The molecule has 29 heavy (non-hydrogen) atoms. The number of benzene rings is 1. The number of sulfonamides is 1. The van der Waals surface area contributed by atoms with E-state index in [4.69, 9.17) is 0 Å². The summed E-state index contributed by atoms with van der Waals surface area (Å²) >= 11 is 0. The van der Waals surface area contributed by atoms with Gasteiger partial charge in [0.15, 0.2) is 0 Å². The Morgan fingerprint density at radius 3 is 2.86 bits per heavy atom. The first kappa shape index (κ1) is 21.3. The van der Waals surface area contributed by atoms with Crippen LogP contribution < -0.4 is 5.32 Å². The van der Waals surface area contributed by atoms with Crippen molar-refractivity contribution in [2.24, 2.45) is 11.8 Å². The van der Waals surface area contributed by atoms with Gasteiger partial charge in [0, 0.05) is 44.6 Å². The van der Waals surface area contributed by atoms with Crippen LogP contribution in [0.2, 0.25) is 0 Å². The molecular formula is C19H27N5O4S. The second-order valence-electron chi connectivity index (χ2n) is 7.76. The lowest BCUT2D eigenvalue weighted by Crippen LogP contribution is -2.39. The summed E-state index contributed by atoms with van der Waals surface area (Å²) in [6, 6.07) is 5.93. The monoisotopic (exact) mass is 421 g/mol. The highest BCUT2D eigenvalue weighted by molar-refractivity contribution is 7.89. The van der Waals surface area contributed by atoms with E-state index < -0.39 is 14.9 Å². The Morgan fingerprint density at radius 1 is 1.41 bits per heavy atom. The number of piperidine rings is 1. The average molecular weight is 422 g/mol. The molecule has 1 saturated heterocycles. The summed E-state index contributed by atoms with van der Waals surface area (Å²) in [5.41, 5.74) is 0.0794. The van der Waals surface area contributed by atoms with Crippen LogP contribution in [-0.4, -0.2) is 47.1 Å². The molecule has 0 saturated carbocycles. The van der Waals surface area contributed by atoms with Gasteiger partial charge in [-0.05, 0) is 42.9 Å². The number of nitrogens with one attached hydrogen (secondary N) is 1. The van der Waals surface area contributed by atoms with E-state index in [1.165, 1.54) is 16.4 Å². The summed E-state index contributed by atoms with van der Waals surface area (Å²) in [5, 5.41) is 18.8. The minimum absolute atomic E-state index is 0.0339. The number of rotatable bonds is 8. The molecule has 1 fully saturated rings. The van der Waals surface area contributed by atoms with Crippen LogP contribution in [0.5, 0.6) is 0 Å². The lowest BCUT2D eigenvalue weighted by Gasteiger charge is -2.30. The van der Waals surface area contributed by atoms with E-state index in [0.29, 0.717) is 31.9 Å². The molecule has 158 valence electrons. The van der Waals surface area contributed by atoms with Gasteiger partial charge in [0.25, 0.3) is 5.69 Å². The first-order valence-corrected chi connectivity index (χ1v) is 11.2. The number of nitro groups is 1. The second-order valence-corrected chi connectivity index (χ2v) is 9.70. The van der Waals surface area contributed by atoms with Gasteiger partial charge in [-0.25, -0.2) is 8.42 Å². The fourth-order valence-corrected chi connectivity index (χ4v) is 5.18. The normalized spacial score (nSPS) is 19.0. The van der Waals surface area contributed by atoms with E-state index in [1.807, 2.05) is 26.1 Å². The molecule has 0 amide bonds. The summed E-state index contributed by atoms with van der Waals surface area (Å²) in [5.74, 6) is 0.457. The van der Waals surface area contributed by atoms with Crippen molar-refractivity contribution in [3.63, 3.8) is 0 Å². The van der Waals surface area contributed by atoms with Gasteiger partial charge in [0.1, 0.15) is 5.69 Å². The third kappa shape index (κ3) is 5.13. The first-order valence-electron chi connectivity index (χ1n) is 9.77. The zero-order valence-electron chi connectivity index (χ0n) is 16.7. The fraction of sp³-hybridized carbons (Fsp3) is 0.526. The van der Waals surface area contributed by atoms with E-state index >= 15 is 0 Å². The quantitative estimate of drug-likeness (QED) is 0.518. The molecule has 0 radical (unpaired) electrons. The summed E-state index contributed by atoms with van der Waals surface area (Å²) in [6.07, 6.45) is 5.36. The Hall–Kier alpha value is -2.46. The molecule has 3 rings (SSSR count). The molecule has 1 aliphatic heterocycles. The lowest BCUT2D eigenvalue weighted by molar-refractivity contribution is -0.384. The highest BCUT2D eigenvalue weighted by atomic mass is 32.2. The molecule has 0 spiro atoms. The van der Waals surface area contributed by atoms with Crippen LogP contribution in [0.15, 0.2) is 41.6 Å². The van der Waals surface area contributed by atoms with Crippen LogP contribution in [0.3, 0.4) is 0 Å². The highest BCUT2D eigenvalue weighted by Crippen LogP contribution is 2.30. The molecule has 1 N–H and O–H groups in total. The number of nitrogens with zero attached hydrogens (tertiary/aromatic N) is 4. The van der Waals surface area contributed by atoms with Crippen molar-refractivity contribution in [2.45, 2.75) is 38.1 Å². The number of nitro benzene ring substituents is 1. The van der Waals surface area contributed by atoms with Gasteiger partial charge in [0.05, 0.1) is 9.82 Å². The average Bonchev–Trinajstić information content (AvgIpc) is 3.19. The van der Waals surface area contributed by atoms with Crippen LogP contribution >= 0.6 is 0 Å². The van der Waals surface area contributed by atoms with E-state index in [9.17, 15) is 18.5 Å². The Kier molecular flexibility index (Phi) is 6.53. The zero-order chi connectivity index (χ0) is 21.0.